The molecule has 0 atom stereocenters. The van der Waals surface area contributed by atoms with Crippen LogP contribution in [0.5, 0.6) is 0 Å². The van der Waals surface area contributed by atoms with Gasteiger partial charge in [0.15, 0.2) is 0 Å². The topological polar surface area (TPSA) is 109 Å². The van der Waals surface area contributed by atoms with Gasteiger partial charge in [0, 0.05) is 22.1 Å². The van der Waals surface area contributed by atoms with Crippen molar-refractivity contribution in [3.05, 3.63) is 69.3 Å². The zero-order valence-corrected chi connectivity index (χ0v) is 25.0. The van der Waals surface area contributed by atoms with Crippen LogP contribution in [-0.2, 0) is 12.8 Å². The van der Waals surface area contributed by atoms with Gasteiger partial charge in [0.2, 0.25) is 0 Å². The number of rotatable bonds is 8. The Morgan fingerprint density at radius 1 is 0.575 bits per heavy atom. The van der Waals surface area contributed by atoms with E-state index in [0.29, 0.717) is 13.1 Å². The summed E-state index contributed by atoms with van der Waals surface area (Å²) in [4.78, 5) is 17.9. The molecule has 8 bridgehead atoms. The highest BCUT2D eigenvalue weighted by molar-refractivity contribution is 5.95. The molecule has 0 aliphatic carbocycles. The molecule has 0 unspecified atom stereocenters. The molecule has 0 spiro atoms. The van der Waals surface area contributed by atoms with E-state index in [-0.39, 0.29) is 0 Å². The summed E-state index contributed by atoms with van der Waals surface area (Å²) >= 11 is 0. The Labute approximate surface area is 238 Å². The van der Waals surface area contributed by atoms with Crippen LogP contribution in [0.3, 0.4) is 0 Å². The lowest BCUT2D eigenvalue weighted by Crippen LogP contribution is -1.99. The molecule has 0 saturated heterocycles. The lowest BCUT2D eigenvalue weighted by Gasteiger charge is -2.05. The first-order valence-electron chi connectivity index (χ1n) is 14.8. The van der Waals surface area contributed by atoms with Gasteiger partial charge in [-0.1, -0.05) is 13.8 Å². The molecule has 0 saturated carbocycles. The summed E-state index contributed by atoms with van der Waals surface area (Å²) < 4.78 is 0. The minimum Gasteiger partial charge on any atom is -0.355 e. The number of nitrogens with zero attached hydrogens (tertiary/aromatic N) is 2. The van der Waals surface area contributed by atoms with E-state index in [2.05, 4.69) is 75.8 Å². The lowest BCUT2D eigenvalue weighted by molar-refractivity contribution is 0.863. The molecule has 3 aromatic heterocycles. The normalized spacial score (nSPS) is 13.6. The standard InChI is InChI=1S/C34H44N6/c1-7-23-19(3)27-15-28-21(5)25(11-9-13-35)33(39-28)18-34-26(12-10-14-36)22(6)30(40-34)17-32-24(8-2)20(4)29(38-32)16-31(23)37-27/h15-18,37-38H,7-14,35-36H2,1-6H3. The number of hydrogen-bond donors (Lipinski definition) is 4. The molecular weight excluding hydrogens is 492 g/mol. The Balaban J connectivity index is 1.93. The van der Waals surface area contributed by atoms with Gasteiger partial charge in [-0.15, -0.1) is 0 Å². The van der Waals surface area contributed by atoms with Crippen LogP contribution in [-0.4, -0.2) is 33.0 Å². The van der Waals surface area contributed by atoms with Crippen molar-refractivity contribution in [3.8, 4) is 0 Å². The van der Waals surface area contributed by atoms with Crippen molar-refractivity contribution in [1.82, 2.24) is 19.9 Å². The smallest absolute Gasteiger partial charge is 0.0694 e. The fourth-order valence-electron chi connectivity index (χ4n) is 6.32. The highest BCUT2D eigenvalue weighted by Gasteiger charge is 2.21. The second-order valence-electron chi connectivity index (χ2n) is 11.2. The number of aromatic nitrogens is 4. The largest absolute Gasteiger partial charge is 0.355 e. The monoisotopic (exact) mass is 536 g/mol. The van der Waals surface area contributed by atoms with Crippen molar-refractivity contribution < 1.29 is 0 Å². The lowest BCUT2D eigenvalue weighted by atomic mass is 9.98. The summed E-state index contributed by atoms with van der Waals surface area (Å²) in [6.07, 6.45) is 5.56. The maximum atomic E-state index is 5.95. The van der Waals surface area contributed by atoms with Gasteiger partial charge in [0.25, 0.3) is 0 Å². The summed E-state index contributed by atoms with van der Waals surface area (Å²) in [5.74, 6) is 0. The van der Waals surface area contributed by atoms with Gasteiger partial charge < -0.3 is 21.4 Å². The van der Waals surface area contributed by atoms with Gasteiger partial charge in [-0.3, -0.25) is 0 Å². The number of fused-ring (bicyclic) bond motifs is 8. The van der Waals surface area contributed by atoms with Crippen LogP contribution in [0, 0.1) is 13.8 Å². The number of H-pyrrole nitrogens is 2. The van der Waals surface area contributed by atoms with E-state index in [1.54, 1.807) is 0 Å². The van der Waals surface area contributed by atoms with Gasteiger partial charge >= 0.3 is 0 Å². The van der Waals surface area contributed by atoms with Crippen LogP contribution < -0.4 is 11.5 Å². The molecule has 6 nitrogen and oxygen atoms in total. The SMILES string of the molecule is CCc1c(C)c2cc3[nH]c(cc4nc(cc5nc(cc1[nH]2)C(C)=C5CCCN)C(CCCN)=C4C)c(C)c3CC. The third-order valence-electron chi connectivity index (χ3n) is 8.77. The molecular formula is C34H44N6. The van der Waals surface area contributed by atoms with Crippen LogP contribution in [0.25, 0.3) is 44.4 Å². The Morgan fingerprint density at radius 3 is 1.45 bits per heavy atom. The number of hydrogen-bond acceptors (Lipinski definition) is 4. The summed E-state index contributed by atoms with van der Waals surface area (Å²) in [6, 6.07) is 8.93. The van der Waals surface area contributed by atoms with Crippen LogP contribution in [0.1, 0.15) is 98.4 Å². The first-order valence-corrected chi connectivity index (χ1v) is 14.8. The molecule has 0 amide bonds. The molecule has 0 fully saturated rings. The Bertz CT molecular complexity index is 1680. The summed E-state index contributed by atoms with van der Waals surface area (Å²) in [5.41, 5.74) is 30.7. The second-order valence-corrected chi connectivity index (χ2v) is 11.2. The summed E-state index contributed by atoms with van der Waals surface area (Å²) in [7, 11) is 0. The molecule has 0 aromatic carbocycles. The van der Waals surface area contributed by atoms with E-state index in [1.807, 2.05) is 0 Å². The Hall–Kier alpha value is -3.48. The van der Waals surface area contributed by atoms with Gasteiger partial charge in [-0.25, -0.2) is 9.97 Å². The van der Waals surface area contributed by atoms with Crippen molar-refractivity contribution >= 4 is 44.4 Å². The van der Waals surface area contributed by atoms with Gasteiger partial charge in [-0.2, -0.15) is 0 Å². The van der Waals surface area contributed by atoms with Crippen LogP contribution in [0.15, 0.2) is 24.3 Å². The minimum absolute atomic E-state index is 0.656. The molecule has 2 aliphatic rings. The highest BCUT2D eigenvalue weighted by Crippen LogP contribution is 2.38. The zero-order chi connectivity index (χ0) is 28.6. The average Bonchev–Trinajstić information content (AvgIpc) is 3.59. The Kier molecular flexibility index (Phi) is 8.11. The van der Waals surface area contributed by atoms with Crippen LogP contribution >= 0.6 is 0 Å². The number of nitrogens with two attached hydrogens (primary N) is 2. The van der Waals surface area contributed by atoms with Crippen molar-refractivity contribution in [2.75, 3.05) is 13.1 Å². The Morgan fingerprint density at radius 2 is 1.00 bits per heavy atom. The summed E-state index contributed by atoms with van der Waals surface area (Å²) in [5, 5.41) is 0. The molecule has 40 heavy (non-hydrogen) atoms. The molecule has 6 N–H and O–H groups in total. The molecule has 5 heterocycles. The van der Waals surface area contributed by atoms with E-state index in [4.69, 9.17) is 21.4 Å². The van der Waals surface area contributed by atoms with Gasteiger partial charge in [0.05, 0.1) is 22.8 Å². The molecule has 0 radical (unpaired) electrons. The van der Waals surface area contributed by atoms with Gasteiger partial charge in [0.1, 0.15) is 0 Å². The fraction of sp³-hybridized carbons (Fsp3) is 0.412. The number of allylic oxidation sites excluding steroid dienone is 4. The average molecular weight is 537 g/mol. The van der Waals surface area contributed by atoms with Crippen LogP contribution in [0.2, 0.25) is 0 Å². The maximum Gasteiger partial charge on any atom is 0.0694 e. The third-order valence-corrected chi connectivity index (χ3v) is 8.77. The summed E-state index contributed by atoms with van der Waals surface area (Å²) in [6.45, 7) is 14.6. The molecule has 210 valence electrons. The van der Waals surface area contributed by atoms with Crippen LogP contribution in [0.4, 0.5) is 0 Å². The fourth-order valence-corrected chi connectivity index (χ4v) is 6.32. The molecule has 5 rings (SSSR count). The van der Waals surface area contributed by atoms with E-state index < -0.39 is 0 Å². The number of nitrogens with one attached hydrogen (secondary N) is 2. The predicted molar refractivity (Wildman–Crippen MR) is 171 cm³/mol. The predicted octanol–water partition coefficient (Wildman–Crippen LogP) is 7.40. The maximum absolute atomic E-state index is 5.95. The third kappa shape index (κ3) is 4.95. The van der Waals surface area contributed by atoms with E-state index in [0.717, 1.165) is 83.4 Å². The number of aryl methyl sites for hydroxylation is 4. The highest BCUT2D eigenvalue weighted by atomic mass is 14.8. The molecule has 6 heteroatoms. The second kappa shape index (κ2) is 11.6. The zero-order valence-electron chi connectivity index (χ0n) is 25.0. The van der Waals surface area contributed by atoms with E-state index >= 15 is 0 Å². The number of aromatic amines is 2. The molecule has 3 aromatic rings. The van der Waals surface area contributed by atoms with Crippen molar-refractivity contribution in [2.45, 2.75) is 80.1 Å². The van der Waals surface area contributed by atoms with Crippen molar-refractivity contribution in [2.24, 2.45) is 11.5 Å². The first-order chi connectivity index (χ1) is 19.3. The van der Waals surface area contributed by atoms with Crippen molar-refractivity contribution in [3.63, 3.8) is 0 Å². The minimum atomic E-state index is 0.656. The van der Waals surface area contributed by atoms with Crippen molar-refractivity contribution in [1.29, 1.82) is 0 Å². The van der Waals surface area contributed by atoms with E-state index in [9.17, 15) is 0 Å². The van der Waals surface area contributed by atoms with Gasteiger partial charge in [-0.05, 0) is 148 Å². The first kappa shape index (κ1) is 28.1. The molecule has 2 aliphatic heterocycles. The van der Waals surface area contributed by atoms with E-state index in [1.165, 1.54) is 44.5 Å². The quantitative estimate of drug-likeness (QED) is 0.240.